The first-order valence-electron chi connectivity index (χ1n) is 6.65. The molecule has 21 heavy (non-hydrogen) atoms. The molecule has 2 N–H and O–H groups in total. The minimum absolute atomic E-state index is 0.181. The number of aromatic amines is 1. The molecule has 0 radical (unpaired) electrons. The SMILES string of the molecule is O=C(Nc1nn[nH]n1)c1c(-n2cccc2)sc2c1CCC2. The van der Waals surface area contributed by atoms with E-state index in [0.717, 1.165) is 35.4 Å². The largest absolute Gasteiger partial charge is 0.315 e. The predicted octanol–water partition coefficient (Wildman–Crippen LogP) is 1.79. The first-order chi connectivity index (χ1) is 10.3. The summed E-state index contributed by atoms with van der Waals surface area (Å²) in [4.78, 5) is 13.9. The summed E-state index contributed by atoms with van der Waals surface area (Å²) in [6, 6.07) is 3.90. The molecular weight excluding hydrogens is 288 g/mol. The quantitative estimate of drug-likeness (QED) is 0.772. The number of amides is 1. The Morgan fingerprint density at radius 2 is 2.19 bits per heavy atom. The molecule has 0 fully saturated rings. The molecule has 7 nitrogen and oxygen atoms in total. The molecule has 4 rings (SSSR count). The van der Waals surface area contributed by atoms with Gasteiger partial charge >= 0.3 is 0 Å². The summed E-state index contributed by atoms with van der Waals surface area (Å²) in [6.07, 6.45) is 7.00. The first-order valence-corrected chi connectivity index (χ1v) is 7.47. The van der Waals surface area contributed by atoms with Crippen LogP contribution in [0.25, 0.3) is 5.00 Å². The molecule has 3 aromatic rings. The van der Waals surface area contributed by atoms with Gasteiger partial charge in [0, 0.05) is 17.3 Å². The van der Waals surface area contributed by atoms with E-state index < -0.39 is 0 Å². The number of thiophene rings is 1. The van der Waals surface area contributed by atoms with E-state index in [9.17, 15) is 4.79 Å². The number of anilines is 1. The average Bonchev–Trinajstić information content (AvgIpc) is 3.22. The van der Waals surface area contributed by atoms with E-state index in [2.05, 4.69) is 25.9 Å². The number of aromatic nitrogens is 5. The van der Waals surface area contributed by atoms with Crippen molar-refractivity contribution in [1.82, 2.24) is 25.2 Å². The molecule has 106 valence electrons. The highest BCUT2D eigenvalue weighted by Gasteiger charge is 2.27. The van der Waals surface area contributed by atoms with Gasteiger partial charge in [0.2, 0.25) is 0 Å². The van der Waals surface area contributed by atoms with Crippen molar-refractivity contribution in [2.24, 2.45) is 0 Å². The topological polar surface area (TPSA) is 88.5 Å². The second-order valence-corrected chi connectivity index (χ2v) is 5.90. The lowest BCUT2D eigenvalue weighted by molar-refractivity contribution is 0.102. The van der Waals surface area contributed by atoms with E-state index in [0.29, 0.717) is 0 Å². The number of tetrazole rings is 1. The van der Waals surface area contributed by atoms with E-state index in [1.54, 1.807) is 11.3 Å². The molecule has 1 amide bonds. The van der Waals surface area contributed by atoms with Crippen LogP contribution in [0.4, 0.5) is 5.95 Å². The van der Waals surface area contributed by atoms with Gasteiger partial charge < -0.3 is 4.57 Å². The number of nitrogens with one attached hydrogen (secondary N) is 2. The summed E-state index contributed by atoms with van der Waals surface area (Å²) in [5, 5.41) is 17.0. The third-order valence-corrected chi connectivity index (χ3v) is 4.84. The maximum Gasteiger partial charge on any atom is 0.270 e. The van der Waals surface area contributed by atoms with Crippen LogP contribution in [0.1, 0.15) is 27.2 Å². The van der Waals surface area contributed by atoms with Gasteiger partial charge in [-0.05, 0) is 42.2 Å². The van der Waals surface area contributed by atoms with Gasteiger partial charge in [0.05, 0.1) is 5.56 Å². The smallest absolute Gasteiger partial charge is 0.270 e. The zero-order chi connectivity index (χ0) is 14.2. The number of nitrogens with zero attached hydrogens (tertiary/aromatic N) is 4. The number of fused-ring (bicyclic) bond motifs is 1. The third-order valence-electron chi connectivity index (χ3n) is 3.54. The van der Waals surface area contributed by atoms with Gasteiger partial charge in [0.1, 0.15) is 5.00 Å². The maximum absolute atomic E-state index is 12.6. The van der Waals surface area contributed by atoms with E-state index >= 15 is 0 Å². The molecule has 3 aromatic heterocycles. The van der Waals surface area contributed by atoms with Crippen molar-refractivity contribution in [3.8, 4) is 5.00 Å². The number of hydrogen-bond acceptors (Lipinski definition) is 5. The monoisotopic (exact) mass is 300 g/mol. The Balaban J connectivity index is 1.78. The zero-order valence-corrected chi connectivity index (χ0v) is 11.9. The van der Waals surface area contributed by atoms with Crippen molar-refractivity contribution >= 4 is 23.2 Å². The molecule has 1 aliphatic rings. The Kier molecular flexibility index (Phi) is 2.81. The van der Waals surface area contributed by atoms with Crippen molar-refractivity contribution in [2.45, 2.75) is 19.3 Å². The first kappa shape index (κ1) is 12.3. The number of carbonyl (C=O) groups is 1. The lowest BCUT2D eigenvalue weighted by atomic mass is 10.1. The van der Waals surface area contributed by atoms with Gasteiger partial charge in [-0.1, -0.05) is 5.10 Å². The van der Waals surface area contributed by atoms with E-state index in [-0.39, 0.29) is 11.9 Å². The van der Waals surface area contributed by atoms with Crippen LogP contribution in [0.15, 0.2) is 24.5 Å². The van der Waals surface area contributed by atoms with Crippen LogP contribution in [-0.2, 0) is 12.8 Å². The van der Waals surface area contributed by atoms with Crippen LogP contribution in [0.2, 0.25) is 0 Å². The summed E-state index contributed by atoms with van der Waals surface area (Å²) in [7, 11) is 0. The molecule has 8 heteroatoms. The van der Waals surface area contributed by atoms with Crippen molar-refractivity contribution in [2.75, 3.05) is 5.32 Å². The molecule has 0 saturated heterocycles. The van der Waals surface area contributed by atoms with Gasteiger partial charge in [-0.2, -0.15) is 5.21 Å². The summed E-state index contributed by atoms with van der Waals surface area (Å²) in [5.74, 6) is 0.0101. The van der Waals surface area contributed by atoms with Gasteiger partial charge in [-0.3, -0.25) is 10.1 Å². The van der Waals surface area contributed by atoms with E-state index in [4.69, 9.17) is 0 Å². The molecule has 0 bridgehead atoms. The summed E-state index contributed by atoms with van der Waals surface area (Å²) in [6.45, 7) is 0. The minimum atomic E-state index is -0.181. The highest BCUT2D eigenvalue weighted by atomic mass is 32.1. The van der Waals surface area contributed by atoms with Gasteiger partial charge in [-0.25, -0.2) is 0 Å². The van der Waals surface area contributed by atoms with Gasteiger partial charge in [-0.15, -0.1) is 16.4 Å². The van der Waals surface area contributed by atoms with Crippen molar-refractivity contribution in [3.63, 3.8) is 0 Å². The maximum atomic E-state index is 12.6. The number of hydrogen-bond donors (Lipinski definition) is 2. The Hall–Kier alpha value is -2.48. The Morgan fingerprint density at radius 1 is 1.33 bits per heavy atom. The Morgan fingerprint density at radius 3 is 2.95 bits per heavy atom. The normalized spacial score (nSPS) is 13.3. The van der Waals surface area contributed by atoms with Crippen molar-refractivity contribution < 1.29 is 4.79 Å². The lowest BCUT2D eigenvalue weighted by Crippen LogP contribution is -2.16. The molecule has 0 aromatic carbocycles. The third kappa shape index (κ3) is 2.04. The van der Waals surface area contributed by atoms with Crippen molar-refractivity contribution in [3.05, 3.63) is 40.5 Å². The van der Waals surface area contributed by atoms with Crippen LogP contribution >= 0.6 is 11.3 Å². The highest BCUT2D eigenvalue weighted by molar-refractivity contribution is 7.15. The average molecular weight is 300 g/mol. The standard InChI is InChI=1S/C13H12N6OS/c20-11(14-13-15-17-18-16-13)10-8-4-3-5-9(8)21-12(10)19-6-1-2-7-19/h1-2,6-7H,3-5H2,(H2,14,15,16,17,18,20). The van der Waals surface area contributed by atoms with Crippen LogP contribution < -0.4 is 5.32 Å². The van der Waals surface area contributed by atoms with E-state index in [1.807, 2.05) is 29.1 Å². The summed E-state index contributed by atoms with van der Waals surface area (Å²) >= 11 is 1.69. The molecule has 0 aliphatic heterocycles. The van der Waals surface area contributed by atoms with Crippen LogP contribution in [0.3, 0.4) is 0 Å². The number of carbonyl (C=O) groups excluding carboxylic acids is 1. The lowest BCUT2D eigenvalue weighted by Gasteiger charge is -2.06. The molecule has 1 aliphatic carbocycles. The fourth-order valence-corrected chi connectivity index (χ4v) is 4.01. The highest BCUT2D eigenvalue weighted by Crippen LogP contribution is 2.38. The zero-order valence-electron chi connectivity index (χ0n) is 11.0. The van der Waals surface area contributed by atoms with Gasteiger partial charge in [0.15, 0.2) is 0 Å². The molecule has 0 spiro atoms. The summed E-state index contributed by atoms with van der Waals surface area (Å²) < 4.78 is 1.98. The second-order valence-electron chi connectivity index (χ2n) is 4.82. The summed E-state index contributed by atoms with van der Waals surface area (Å²) in [5.41, 5.74) is 1.89. The fraction of sp³-hybridized carbons (Fsp3) is 0.231. The van der Waals surface area contributed by atoms with E-state index in [1.165, 1.54) is 4.88 Å². The molecule has 3 heterocycles. The minimum Gasteiger partial charge on any atom is -0.315 e. The fourth-order valence-electron chi connectivity index (χ4n) is 2.65. The Bertz CT molecular complexity index is 774. The van der Waals surface area contributed by atoms with Crippen LogP contribution in [-0.4, -0.2) is 31.1 Å². The molecule has 0 unspecified atom stereocenters. The van der Waals surface area contributed by atoms with Crippen LogP contribution in [0.5, 0.6) is 0 Å². The Labute approximate surface area is 124 Å². The molecular formula is C13H12N6OS. The second kappa shape index (κ2) is 4.81. The molecule has 0 atom stereocenters. The predicted molar refractivity (Wildman–Crippen MR) is 77.8 cm³/mol. The molecule has 0 saturated carbocycles. The number of rotatable bonds is 3. The number of aryl methyl sites for hydroxylation is 1. The van der Waals surface area contributed by atoms with Gasteiger partial charge in [0.25, 0.3) is 11.9 Å². The number of H-pyrrole nitrogens is 1. The van der Waals surface area contributed by atoms with Crippen molar-refractivity contribution in [1.29, 1.82) is 0 Å². The van der Waals surface area contributed by atoms with Crippen LogP contribution in [0, 0.1) is 0 Å².